The molecule has 2 atom stereocenters. The molecule has 0 fully saturated rings. The van der Waals surface area contributed by atoms with Crippen molar-refractivity contribution in [2.75, 3.05) is 7.11 Å². The molecule has 0 saturated heterocycles. The van der Waals surface area contributed by atoms with Crippen molar-refractivity contribution in [3.8, 4) is 0 Å². The number of carbonyl (C=O) groups is 1. The van der Waals surface area contributed by atoms with Crippen LogP contribution in [0.1, 0.15) is 26.7 Å². The number of rotatable bonds is 5. The summed E-state index contributed by atoms with van der Waals surface area (Å²) in [5.74, 6) is 4.96. The maximum Gasteiger partial charge on any atom is 0.337 e. The first-order valence-corrected chi connectivity index (χ1v) is 4.09. The minimum Gasteiger partial charge on any atom is -0.467 e. The summed E-state index contributed by atoms with van der Waals surface area (Å²) in [6, 6.07) is 0. The average molecular weight is 175 g/mol. The molecule has 0 spiro atoms. The smallest absolute Gasteiger partial charge is 0.337 e. The van der Waals surface area contributed by atoms with Crippen LogP contribution in [-0.4, -0.2) is 19.2 Å². The summed E-state index contributed by atoms with van der Waals surface area (Å²) >= 11 is 0. The van der Waals surface area contributed by atoms with Crippen LogP contribution in [0.4, 0.5) is 0 Å². The molecule has 0 aromatic rings. The number of methoxy groups -OCH3 is 1. The SMILES string of the molecule is CCC(C)CC(ON)C(=O)OC. The van der Waals surface area contributed by atoms with Gasteiger partial charge in [0, 0.05) is 0 Å². The van der Waals surface area contributed by atoms with Gasteiger partial charge in [-0.2, -0.15) is 0 Å². The van der Waals surface area contributed by atoms with Gasteiger partial charge in [-0.3, -0.25) is 4.84 Å². The maximum atomic E-state index is 11.0. The van der Waals surface area contributed by atoms with Crippen molar-refractivity contribution in [3.63, 3.8) is 0 Å². The van der Waals surface area contributed by atoms with Gasteiger partial charge >= 0.3 is 5.97 Å². The fraction of sp³-hybridized carbons (Fsp3) is 0.875. The Morgan fingerprint density at radius 3 is 2.50 bits per heavy atom. The first kappa shape index (κ1) is 11.4. The lowest BCUT2D eigenvalue weighted by molar-refractivity contribution is -0.155. The highest BCUT2D eigenvalue weighted by atomic mass is 16.6. The molecule has 0 aromatic carbocycles. The third kappa shape index (κ3) is 3.69. The Bertz CT molecular complexity index is 138. The molecule has 0 aromatic heterocycles. The van der Waals surface area contributed by atoms with Crippen LogP contribution in [0.3, 0.4) is 0 Å². The van der Waals surface area contributed by atoms with E-state index in [2.05, 4.69) is 16.5 Å². The van der Waals surface area contributed by atoms with Crippen molar-refractivity contribution in [2.24, 2.45) is 11.8 Å². The number of ether oxygens (including phenoxy) is 1. The molecule has 0 saturated carbocycles. The number of nitrogens with two attached hydrogens (primary N) is 1. The Hall–Kier alpha value is -0.610. The highest BCUT2D eigenvalue weighted by Gasteiger charge is 2.20. The number of hydrogen-bond acceptors (Lipinski definition) is 4. The summed E-state index contributed by atoms with van der Waals surface area (Å²) in [5.41, 5.74) is 0. The predicted molar refractivity (Wildman–Crippen MR) is 45.1 cm³/mol. The van der Waals surface area contributed by atoms with Crippen molar-refractivity contribution in [1.82, 2.24) is 0 Å². The van der Waals surface area contributed by atoms with Crippen LogP contribution in [-0.2, 0) is 14.4 Å². The fourth-order valence-electron chi connectivity index (χ4n) is 0.871. The molecule has 2 unspecified atom stereocenters. The van der Waals surface area contributed by atoms with E-state index in [1.54, 1.807) is 0 Å². The van der Waals surface area contributed by atoms with Gasteiger partial charge in [0.15, 0.2) is 6.10 Å². The van der Waals surface area contributed by atoms with Crippen molar-refractivity contribution in [1.29, 1.82) is 0 Å². The predicted octanol–water partition coefficient (Wildman–Crippen LogP) is 0.854. The van der Waals surface area contributed by atoms with Crippen LogP contribution >= 0.6 is 0 Å². The van der Waals surface area contributed by atoms with Gasteiger partial charge in [-0.25, -0.2) is 10.7 Å². The van der Waals surface area contributed by atoms with Gasteiger partial charge in [-0.1, -0.05) is 20.3 Å². The van der Waals surface area contributed by atoms with Gasteiger partial charge in [0.05, 0.1) is 7.11 Å². The molecule has 72 valence electrons. The summed E-state index contributed by atoms with van der Waals surface area (Å²) in [6.45, 7) is 4.09. The standard InChI is InChI=1S/C8H17NO3/c1-4-6(2)5-7(12-9)8(10)11-3/h6-7H,4-5,9H2,1-3H3. The summed E-state index contributed by atoms with van der Waals surface area (Å²) in [7, 11) is 1.32. The number of hydrogen-bond donors (Lipinski definition) is 1. The molecule has 0 aliphatic carbocycles. The zero-order valence-corrected chi connectivity index (χ0v) is 7.87. The van der Waals surface area contributed by atoms with Gasteiger partial charge in [0.1, 0.15) is 0 Å². The fourth-order valence-corrected chi connectivity index (χ4v) is 0.871. The number of esters is 1. The average Bonchev–Trinajstić information content (AvgIpc) is 2.12. The second kappa shape index (κ2) is 5.97. The molecule has 0 radical (unpaired) electrons. The Kier molecular flexibility index (Phi) is 5.66. The van der Waals surface area contributed by atoms with E-state index in [1.807, 2.05) is 6.92 Å². The zero-order chi connectivity index (χ0) is 9.56. The molecule has 0 heterocycles. The van der Waals surface area contributed by atoms with Crippen molar-refractivity contribution >= 4 is 5.97 Å². The Morgan fingerprint density at radius 1 is 1.58 bits per heavy atom. The lowest BCUT2D eigenvalue weighted by atomic mass is 10.0. The quantitative estimate of drug-likeness (QED) is 0.497. The molecule has 4 nitrogen and oxygen atoms in total. The summed E-state index contributed by atoms with van der Waals surface area (Å²) < 4.78 is 4.50. The number of carbonyl (C=O) groups excluding carboxylic acids is 1. The van der Waals surface area contributed by atoms with Crippen LogP contribution in [0.5, 0.6) is 0 Å². The minimum absolute atomic E-state index is 0.405. The molecule has 0 aliphatic rings. The van der Waals surface area contributed by atoms with E-state index in [0.717, 1.165) is 6.42 Å². The first-order chi connectivity index (χ1) is 5.65. The van der Waals surface area contributed by atoms with E-state index in [4.69, 9.17) is 5.90 Å². The lowest BCUT2D eigenvalue weighted by Crippen LogP contribution is -2.30. The van der Waals surface area contributed by atoms with E-state index in [0.29, 0.717) is 12.3 Å². The van der Waals surface area contributed by atoms with E-state index < -0.39 is 12.1 Å². The summed E-state index contributed by atoms with van der Waals surface area (Å²) in [5, 5.41) is 0. The van der Waals surface area contributed by atoms with Crippen molar-refractivity contribution in [2.45, 2.75) is 32.8 Å². The third-order valence-corrected chi connectivity index (χ3v) is 1.94. The van der Waals surface area contributed by atoms with Gasteiger partial charge in [-0.05, 0) is 12.3 Å². The van der Waals surface area contributed by atoms with E-state index >= 15 is 0 Å². The summed E-state index contributed by atoms with van der Waals surface area (Å²) in [6.07, 6.45) is 0.987. The van der Waals surface area contributed by atoms with Crippen molar-refractivity contribution < 1.29 is 14.4 Å². The van der Waals surface area contributed by atoms with Crippen molar-refractivity contribution in [3.05, 3.63) is 0 Å². The molecule has 0 bridgehead atoms. The Labute approximate surface area is 73.0 Å². The van der Waals surface area contributed by atoms with Gasteiger partial charge in [-0.15, -0.1) is 0 Å². The monoisotopic (exact) mass is 175 g/mol. The first-order valence-electron chi connectivity index (χ1n) is 4.09. The van der Waals surface area contributed by atoms with Gasteiger partial charge in [0.25, 0.3) is 0 Å². The highest BCUT2D eigenvalue weighted by molar-refractivity contribution is 5.74. The van der Waals surface area contributed by atoms with E-state index in [1.165, 1.54) is 7.11 Å². The Morgan fingerprint density at radius 2 is 2.17 bits per heavy atom. The topological polar surface area (TPSA) is 61.5 Å². The van der Waals surface area contributed by atoms with Crippen LogP contribution in [0.15, 0.2) is 0 Å². The minimum atomic E-state index is -0.620. The second-order valence-corrected chi connectivity index (χ2v) is 2.90. The molecule has 4 heteroatoms. The van der Waals surface area contributed by atoms with E-state index in [9.17, 15) is 4.79 Å². The van der Waals surface area contributed by atoms with Gasteiger partial charge in [0.2, 0.25) is 0 Å². The van der Waals surface area contributed by atoms with Crippen LogP contribution in [0, 0.1) is 5.92 Å². The molecule has 0 amide bonds. The highest BCUT2D eigenvalue weighted by Crippen LogP contribution is 2.12. The maximum absolute atomic E-state index is 11.0. The normalized spacial score (nSPS) is 15.3. The zero-order valence-electron chi connectivity index (χ0n) is 7.87. The molecule has 12 heavy (non-hydrogen) atoms. The molecule has 0 aliphatic heterocycles. The molecular weight excluding hydrogens is 158 g/mol. The Balaban J connectivity index is 3.90. The second-order valence-electron chi connectivity index (χ2n) is 2.90. The lowest BCUT2D eigenvalue weighted by Gasteiger charge is -2.15. The molecular formula is C8H17NO3. The largest absolute Gasteiger partial charge is 0.467 e. The molecule has 2 N–H and O–H groups in total. The molecule has 0 rings (SSSR count). The third-order valence-electron chi connectivity index (χ3n) is 1.94. The van der Waals surface area contributed by atoms with Crippen LogP contribution in [0.25, 0.3) is 0 Å². The van der Waals surface area contributed by atoms with Crippen LogP contribution in [0.2, 0.25) is 0 Å². The van der Waals surface area contributed by atoms with Crippen LogP contribution < -0.4 is 5.90 Å². The van der Waals surface area contributed by atoms with E-state index in [-0.39, 0.29) is 0 Å². The summed E-state index contributed by atoms with van der Waals surface area (Å²) in [4.78, 5) is 15.5. The van der Waals surface area contributed by atoms with Gasteiger partial charge < -0.3 is 4.74 Å².